The lowest BCUT2D eigenvalue weighted by molar-refractivity contribution is -0.116. The van der Waals surface area contributed by atoms with Gasteiger partial charge in [0.2, 0.25) is 0 Å². The minimum Gasteiger partial charge on any atom is -0.381 e. The molecule has 2 aliphatic carbocycles. The van der Waals surface area contributed by atoms with Crippen molar-refractivity contribution in [1.29, 1.82) is 0 Å². The van der Waals surface area contributed by atoms with E-state index in [1.165, 1.54) is 0 Å². The Bertz CT molecular complexity index is 456. The predicted molar refractivity (Wildman–Crippen MR) is 72.4 cm³/mol. The van der Waals surface area contributed by atoms with Crippen molar-refractivity contribution in [3.05, 3.63) is 48.0 Å². The fourth-order valence-electron chi connectivity index (χ4n) is 3.42. The molecule has 0 unspecified atom stereocenters. The first kappa shape index (κ1) is 12.9. The van der Waals surface area contributed by atoms with Gasteiger partial charge in [-0.3, -0.25) is 0 Å². The van der Waals surface area contributed by atoms with Gasteiger partial charge in [0.25, 0.3) is 0 Å². The minimum absolute atomic E-state index is 0.0603. The molecule has 0 aromatic heterocycles. The van der Waals surface area contributed by atoms with Crippen molar-refractivity contribution >= 4 is 0 Å². The van der Waals surface area contributed by atoms with Crippen LogP contribution in [-0.2, 0) is 15.1 Å². The van der Waals surface area contributed by atoms with Crippen molar-refractivity contribution in [3.8, 4) is 0 Å². The molecule has 0 radical (unpaired) electrons. The summed E-state index contributed by atoms with van der Waals surface area (Å²) in [5.74, 6) is 0.635. The Kier molecular flexibility index (Phi) is 3.44. The van der Waals surface area contributed by atoms with Crippen molar-refractivity contribution in [2.75, 3.05) is 13.9 Å². The maximum absolute atomic E-state index is 11.1. The molecule has 1 aromatic carbocycles. The average Bonchev–Trinajstić information content (AvgIpc) is 2.82. The van der Waals surface area contributed by atoms with E-state index in [2.05, 4.69) is 6.08 Å². The van der Waals surface area contributed by atoms with E-state index in [1.54, 1.807) is 7.11 Å². The van der Waals surface area contributed by atoms with Gasteiger partial charge in [-0.1, -0.05) is 42.5 Å². The zero-order chi connectivity index (χ0) is 13.3. The van der Waals surface area contributed by atoms with E-state index in [0.717, 1.165) is 18.4 Å². The van der Waals surface area contributed by atoms with E-state index in [1.807, 2.05) is 36.4 Å². The Labute approximate surface area is 113 Å². The molecule has 19 heavy (non-hydrogen) atoms. The molecule has 0 spiro atoms. The maximum atomic E-state index is 11.1. The van der Waals surface area contributed by atoms with Crippen LogP contribution in [0, 0.1) is 11.8 Å². The topological polar surface area (TPSA) is 38.7 Å². The fourth-order valence-corrected chi connectivity index (χ4v) is 3.42. The number of fused-ring (bicyclic) bond motifs is 2. The Morgan fingerprint density at radius 3 is 2.79 bits per heavy atom. The Morgan fingerprint density at radius 2 is 2.05 bits per heavy atom. The quantitative estimate of drug-likeness (QED) is 0.667. The smallest absolute Gasteiger partial charge is 0.146 e. The molecule has 0 saturated heterocycles. The van der Waals surface area contributed by atoms with E-state index in [0.29, 0.717) is 12.7 Å². The summed E-state index contributed by atoms with van der Waals surface area (Å²) in [5, 5.41) is 11.1. The standard InChI is InChI=1S/C16H20O3/c1-18-11-19-15-10-12-7-8-16(17,14(15)9-12)13-5-3-2-4-6-13/h2-8,12,14-15,17H,9-11H2,1H3/t12-,14+,15-,16-/m0/s1. The molecule has 1 fully saturated rings. The van der Waals surface area contributed by atoms with Crippen LogP contribution in [-0.4, -0.2) is 25.1 Å². The summed E-state index contributed by atoms with van der Waals surface area (Å²) in [6, 6.07) is 9.86. The molecule has 2 bridgehead atoms. The van der Waals surface area contributed by atoms with Gasteiger partial charge in [-0.05, 0) is 24.3 Å². The summed E-state index contributed by atoms with van der Waals surface area (Å²) in [5.41, 5.74) is 0.0368. The number of hydrogen-bond acceptors (Lipinski definition) is 3. The van der Waals surface area contributed by atoms with Gasteiger partial charge in [0.15, 0.2) is 0 Å². The number of ether oxygens (including phenoxy) is 2. The largest absolute Gasteiger partial charge is 0.381 e. The molecular weight excluding hydrogens is 240 g/mol. The summed E-state index contributed by atoms with van der Waals surface area (Å²) in [7, 11) is 1.63. The summed E-state index contributed by atoms with van der Waals surface area (Å²) in [6.45, 7) is 0.290. The zero-order valence-corrected chi connectivity index (χ0v) is 11.2. The zero-order valence-electron chi connectivity index (χ0n) is 11.2. The normalized spacial score (nSPS) is 36.6. The molecule has 2 aliphatic rings. The number of aliphatic hydroxyl groups is 1. The SMILES string of the molecule is COCO[C@H]1C[C@H]2C=C[C@](O)(c3ccccc3)[C@@H]1C2. The van der Waals surface area contributed by atoms with Crippen molar-refractivity contribution < 1.29 is 14.6 Å². The summed E-state index contributed by atoms with van der Waals surface area (Å²) >= 11 is 0. The van der Waals surface area contributed by atoms with Crippen LogP contribution in [0.2, 0.25) is 0 Å². The van der Waals surface area contributed by atoms with E-state index in [4.69, 9.17) is 9.47 Å². The van der Waals surface area contributed by atoms with E-state index < -0.39 is 5.60 Å². The molecule has 3 nitrogen and oxygen atoms in total. The average molecular weight is 260 g/mol. The highest BCUT2D eigenvalue weighted by atomic mass is 16.7. The number of allylic oxidation sites excluding steroid dienone is 1. The van der Waals surface area contributed by atoms with Gasteiger partial charge < -0.3 is 14.6 Å². The molecule has 4 atom stereocenters. The van der Waals surface area contributed by atoms with Gasteiger partial charge in [-0.2, -0.15) is 0 Å². The second-order valence-corrected chi connectivity index (χ2v) is 5.50. The van der Waals surface area contributed by atoms with Crippen LogP contribution in [0.15, 0.2) is 42.5 Å². The van der Waals surface area contributed by atoms with Gasteiger partial charge >= 0.3 is 0 Å². The van der Waals surface area contributed by atoms with Crippen LogP contribution in [0.25, 0.3) is 0 Å². The molecule has 1 saturated carbocycles. The Morgan fingerprint density at radius 1 is 1.26 bits per heavy atom. The molecular formula is C16H20O3. The molecule has 0 amide bonds. The highest BCUT2D eigenvalue weighted by Gasteiger charge is 2.49. The maximum Gasteiger partial charge on any atom is 0.146 e. The van der Waals surface area contributed by atoms with Crippen molar-refractivity contribution in [1.82, 2.24) is 0 Å². The molecule has 3 heteroatoms. The third-order valence-corrected chi connectivity index (χ3v) is 4.36. The first-order valence-corrected chi connectivity index (χ1v) is 6.82. The third kappa shape index (κ3) is 2.22. The van der Waals surface area contributed by atoms with Crippen molar-refractivity contribution in [2.45, 2.75) is 24.5 Å². The van der Waals surface area contributed by atoms with Crippen LogP contribution in [0.5, 0.6) is 0 Å². The molecule has 0 aliphatic heterocycles. The molecule has 102 valence electrons. The number of hydrogen-bond donors (Lipinski definition) is 1. The van der Waals surface area contributed by atoms with Gasteiger partial charge in [-0.25, -0.2) is 0 Å². The number of rotatable bonds is 4. The lowest BCUT2D eigenvalue weighted by Crippen LogP contribution is -2.39. The highest BCUT2D eigenvalue weighted by molar-refractivity contribution is 5.32. The summed E-state index contributed by atoms with van der Waals surface area (Å²) < 4.78 is 10.8. The van der Waals surface area contributed by atoms with Crippen LogP contribution in [0.4, 0.5) is 0 Å². The first-order valence-electron chi connectivity index (χ1n) is 6.82. The van der Waals surface area contributed by atoms with Crippen LogP contribution >= 0.6 is 0 Å². The van der Waals surface area contributed by atoms with Crippen LogP contribution in [0.3, 0.4) is 0 Å². The lowest BCUT2D eigenvalue weighted by atomic mass is 9.76. The summed E-state index contributed by atoms with van der Waals surface area (Å²) in [6.07, 6.45) is 6.11. The minimum atomic E-state index is -0.910. The van der Waals surface area contributed by atoms with E-state index in [9.17, 15) is 5.11 Å². The molecule has 1 aromatic rings. The van der Waals surface area contributed by atoms with Crippen LogP contribution < -0.4 is 0 Å². The second-order valence-electron chi connectivity index (χ2n) is 5.50. The van der Waals surface area contributed by atoms with Gasteiger partial charge in [0, 0.05) is 13.0 Å². The Hall–Kier alpha value is -1.16. The van der Waals surface area contributed by atoms with Gasteiger partial charge in [0.05, 0.1) is 6.10 Å². The molecule has 1 N–H and O–H groups in total. The lowest BCUT2D eigenvalue weighted by Gasteiger charge is -2.36. The Balaban J connectivity index is 1.89. The first-order chi connectivity index (χ1) is 9.24. The number of benzene rings is 1. The highest BCUT2D eigenvalue weighted by Crippen LogP contribution is 2.49. The summed E-state index contributed by atoms with van der Waals surface area (Å²) in [4.78, 5) is 0. The predicted octanol–water partition coefficient (Wildman–Crippen LogP) is 2.46. The number of methoxy groups -OCH3 is 1. The van der Waals surface area contributed by atoms with Crippen molar-refractivity contribution in [2.24, 2.45) is 11.8 Å². The second kappa shape index (κ2) is 5.08. The van der Waals surface area contributed by atoms with Gasteiger partial charge in [0.1, 0.15) is 12.4 Å². The van der Waals surface area contributed by atoms with E-state index >= 15 is 0 Å². The van der Waals surface area contributed by atoms with E-state index in [-0.39, 0.29) is 12.0 Å². The monoisotopic (exact) mass is 260 g/mol. The van der Waals surface area contributed by atoms with Crippen molar-refractivity contribution in [3.63, 3.8) is 0 Å². The van der Waals surface area contributed by atoms with Gasteiger partial charge in [-0.15, -0.1) is 0 Å². The molecule has 3 rings (SSSR count). The third-order valence-electron chi connectivity index (χ3n) is 4.36. The fraction of sp³-hybridized carbons (Fsp3) is 0.500. The van der Waals surface area contributed by atoms with Crippen LogP contribution in [0.1, 0.15) is 18.4 Å². The molecule has 0 heterocycles.